The van der Waals surface area contributed by atoms with Crippen LogP contribution in [0.2, 0.25) is 0 Å². The van der Waals surface area contributed by atoms with Crippen LogP contribution in [0.1, 0.15) is 17.4 Å². The molecular formula is C19H19FN2O2S2. The van der Waals surface area contributed by atoms with Crippen LogP contribution in [0.5, 0.6) is 5.75 Å². The average molecular weight is 391 g/mol. The number of ether oxygens (including phenoxy) is 1. The molecule has 0 aliphatic rings. The summed E-state index contributed by atoms with van der Waals surface area (Å²) < 4.78 is 20.4. The molecule has 0 saturated carbocycles. The Kier molecular flexibility index (Phi) is 5.78. The van der Waals surface area contributed by atoms with E-state index in [1.807, 2.05) is 12.1 Å². The summed E-state index contributed by atoms with van der Waals surface area (Å²) in [6.07, 6.45) is 2.55. The van der Waals surface area contributed by atoms with Gasteiger partial charge >= 0.3 is 0 Å². The van der Waals surface area contributed by atoms with Crippen LogP contribution in [0.3, 0.4) is 0 Å². The third-order valence-electron chi connectivity index (χ3n) is 3.91. The standard InChI is InChI=1S/C19H19FN2O2S2/c1-4-8-22-18(23)14-10-13(5-2)26-17(14)21-19(22)25-11-12-6-7-16(24-3)15(20)9-12/h4,6-7,9-10H,1,5,8,11H2,2-3H3. The first-order valence-corrected chi connectivity index (χ1v) is 9.97. The van der Waals surface area contributed by atoms with Gasteiger partial charge in [-0.2, -0.15) is 0 Å². The van der Waals surface area contributed by atoms with Crippen LogP contribution in [-0.4, -0.2) is 16.7 Å². The number of methoxy groups -OCH3 is 1. The van der Waals surface area contributed by atoms with E-state index in [4.69, 9.17) is 4.74 Å². The van der Waals surface area contributed by atoms with Crippen molar-refractivity contribution in [2.45, 2.75) is 30.8 Å². The van der Waals surface area contributed by atoms with Gasteiger partial charge in [0.2, 0.25) is 0 Å². The number of nitrogens with zero attached hydrogens (tertiary/aromatic N) is 2. The third kappa shape index (κ3) is 3.68. The second kappa shape index (κ2) is 8.05. The zero-order valence-electron chi connectivity index (χ0n) is 14.6. The van der Waals surface area contributed by atoms with E-state index in [0.29, 0.717) is 22.8 Å². The van der Waals surface area contributed by atoms with Crippen molar-refractivity contribution in [2.24, 2.45) is 0 Å². The van der Waals surface area contributed by atoms with E-state index in [2.05, 4.69) is 18.5 Å². The zero-order valence-corrected chi connectivity index (χ0v) is 16.3. The Morgan fingerprint density at radius 3 is 2.88 bits per heavy atom. The molecule has 0 amide bonds. The first-order valence-electron chi connectivity index (χ1n) is 8.16. The molecule has 4 nitrogen and oxygen atoms in total. The second-order valence-corrected chi connectivity index (χ2v) is 7.70. The number of thioether (sulfide) groups is 1. The predicted molar refractivity (Wildman–Crippen MR) is 106 cm³/mol. The molecule has 0 atom stereocenters. The van der Waals surface area contributed by atoms with Crippen molar-refractivity contribution in [3.63, 3.8) is 0 Å². The SMILES string of the molecule is C=CCn1c(SCc2ccc(OC)c(F)c2)nc2sc(CC)cc2c1=O. The molecule has 0 spiro atoms. The number of aryl methyl sites for hydroxylation is 1. The minimum Gasteiger partial charge on any atom is -0.494 e. The fraction of sp³-hybridized carbons (Fsp3) is 0.263. The van der Waals surface area contributed by atoms with Gasteiger partial charge in [-0.1, -0.05) is 30.8 Å². The average Bonchev–Trinajstić information content (AvgIpc) is 3.06. The number of fused-ring (bicyclic) bond motifs is 1. The topological polar surface area (TPSA) is 44.1 Å². The summed E-state index contributed by atoms with van der Waals surface area (Å²) in [6.45, 7) is 6.17. The lowest BCUT2D eigenvalue weighted by molar-refractivity contribution is 0.386. The Labute approximate surface area is 159 Å². The molecule has 0 saturated heterocycles. The molecule has 0 N–H and O–H groups in total. The monoisotopic (exact) mass is 390 g/mol. The minimum atomic E-state index is -0.400. The Bertz CT molecular complexity index is 1010. The van der Waals surface area contributed by atoms with E-state index in [-0.39, 0.29) is 11.3 Å². The number of aromatic nitrogens is 2. The van der Waals surface area contributed by atoms with Crippen LogP contribution in [0.4, 0.5) is 4.39 Å². The van der Waals surface area contributed by atoms with Gasteiger partial charge in [0.25, 0.3) is 5.56 Å². The molecule has 2 heterocycles. The lowest BCUT2D eigenvalue weighted by Gasteiger charge is -2.10. The van der Waals surface area contributed by atoms with E-state index in [1.54, 1.807) is 28.0 Å². The normalized spacial score (nSPS) is 11.0. The molecule has 1 aromatic carbocycles. The quantitative estimate of drug-likeness (QED) is 0.335. The summed E-state index contributed by atoms with van der Waals surface area (Å²) in [5.41, 5.74) is 0.738. The molecule has 2 aromatic heterocycles. The molecule has 0 aliphatic carbocycles. The lowest BCUT2D eigenvalue weighted by atomic mass is 10.2. The van der Waals surface area contributed by atoms with Gasteiger partial charge in [0.05, 0.1) is 12.5 Å². The summed E-state index contributed by atoms with van der Waals surface area (Å²) in [5, 5.41) is 1.26. The zero-order chi connectivity index (χ0) is 18.7. The van der Waals surface area contributed by atoms with Crippen LogP contribution in [0.25, 0.3) is 10.2 Å². The van der Waals surface area contributed by atoms with Gasteiger partial charge in [-0.3, -0.25) is 9.36 Å². The maximum atomic E-state index is 13.9. The first-order chi connectivity index (χ1) is 12.6. The van der Waals surface area contributed by atoms with Crippen molar-refractivity contribution in [1.29, 1.82) is 0 Å². The molecule has 0 bridgehead atoms. The predicted octanol–water partition coefficient (Wildman–Crippen LogP) is 4.65. The van der Waals surface area contributed by atoms with Gasteiger partial charge in [0.1, 0.15) is 4.83 Å². The highest BCUT2D eigenvalue weighted by Gasteiger charge is 2.14. The van der Waals surface area contributed by atoms with E-state index >= 15 is 0 Å². The molecule has 136 valence electrons. The summed E-state index contributed by atoms with van der Waals surface area (Å²) >= 11 is 2.95. The summed E-state index contributed by atoms with van der Waals surface area (Å²) in [4.78, 5) is 19.4. The lowest BCUT2D eigenvalue weighted by Crippen LogP contribution is -2.22. The van der Waals surface area contributed by atoms with Gasteiger partial charge in [-0.25, -0.2) is 9.37 Å². The van der Waals surface area contributed by atoms with Crippen LogP contribution in [-0.2, 0) is 18.7 Å². The van der Waals surface area contributed by atoms with E-state index in [1.165, 1.54) is 24.9 Å². The Morgan fingerprint density at radius 2 is 2.23 bits per heavy atom. The largest absolute Gasteiger partial charge is 0.494 e. The third-order valence-corrected chi connectivity index (χ3v) is 6.13. The highest BCUT2D eigenvalue weighted by Crippen LogP contribution is 2.28. The number of benzene rings is 1. The van der Waals surface area contributed by atoms with Crippen LogP contribution in [0.15, 0.2) is 46.9 Å². The summed E-state index contributed by atoms with van der Waals surface area (Å²) in [6, 6.07) is 6.78. The van der Waals surface area contributed by atoms with Crippen molar-refractivity contribution in [3.05, 3.63) is 63.5 Å². The maximum absolute atomic E-state index is 13.9. The Hall–Kier alpha value is -2.12. The van der Waals surface area contributed by atoms with E-state index < -0.39 is 5.82 Å². The molecule has 3 aromatic rings. The molecule has 0 radical (unpaired) electrons. The number of hydrogen-bond donors (Lipinski definition) is 0. The van der Waals surface area contributed by atoms with Crippen molar-refractivity contribution in [3.8, 4) is 5.75 Å². The molecular weight excluding hydrogens is 371 g/mol. The number of thiophene rings is 1. The first kappa shape index (κ1) is 18.7. The van der Waals surface area contributed by atoms with E-state index in [9.17, 15) is 9.18 Å². The van der Waals surface area contributed by atoms with Crippen molar-refractivity contribution >= 4 is 33.3 Å². The highest BCUT2D eigenvalue weighted by molar-refractivity contribution is 7.98. The minimum absolute atomic E-state index is 0.0609. The van der Waals surface area contributed by atoms with Gasteiger partial charge in [-0.15, -0.1) is 17.9 Å². The number of hydrogen-bond acceptors (Lipinski definition) is 5. The molecule has 3 rings (SSSR count). The van der Waals surface area contributed by atoms with Crippen molar-refractivity contribution in [2.75, 3.05) is 7.11 Å². The van der Waals surface area contributed by atoms with Crippen LogP contribution < -0.4 is 10.3 Å². The van der Waals surface area contributed by atoms with Gasteiger partial charge in [0, 0.05) is 17.2 Å². The Morgan fingerprint density at radius 1 is 1.42 bits per heavy atom. The van der Waals surface area contributed by atoms with Crippen LogP contribution in [0, 0.1) is 5.82 Å². The van der Waals surface area contributed by atoms with Gasteiger partial charge in [0.15, 0.2) is 16.7 Å². The molecule has 0 unspecified atom stereocenters. The van der Waals surface area contributed by atoms with E-state index in [0.717, 1.165) is 21.7 Å². The van der Waals surface area contributed by atoms with Gasteiger partial charge in [-0.05, 0) is 30.2 Å². The van der Waals surface area contributed by atoms with Crippen molar-refractivity contribution in [1.82, 2.24) is 9.55 Å². The molecule has 26 heavy (non-hydrogen) atoms. The summed E-state index contributed by atoms with van der Waals surface area (Å²) in [7, 11) is 1.44. The Balaban J connectivity index is 1.95. The van der Waals surface area contributed by atoms with Crippen molar-refractivity contribution < 1.29 is 9.13 Å². The molecule has 7 heteroatoms. The highest BCUT2D eigenvalue weighted by atomic mass is 32.2. The fourth-order valence-corrected chi connectivity index (χ4v) is 4.53. The molecule has 0 fully saturated rings. The van der Waals surface area contributed by atoms with Gasteiger partial charge < -0.3 is 4.74 Å². The maximum Gasteiger partial charge on any atom is 0.263 e. The smallest absolute Gasteiger partial charge is 0.263 e. The second-order valence-electron chi connectivity index (χ2n) is 5.64. The molecule has 0 aliphatic heterocycles. The number of halogens is 1. The summed E-state index contributed by atoms with van der Waals surface area (Å²) in [5.74, 6) is 0.318. The number of rotatable bonds is 7. The number of allylic oxidation sites excluding steroid dienone is 1. The fourth-order valence-electron chi connectivity index (χ4n) is 2.57. The van der Waals surface area contributed by atoms with Crippen LogP contribution >= 0.6 is 23.1 Å².